The highest BCUT2D eigenvalue weighted by atomic mass is 16.6. The molecule has 0 saturated heterocycles. The molecular weight excluding hydrogens is 494 g/mol. The minimum Gasteiger partial charge on any atom is -0.507 e. The molecule has 0 saturated carbocycles. The molecule has 0 fully saturated rings. The van der Waals surface area contributed by atoms with Gasteiger partial charge in [0.05, 0.1) is 0 Å². The number of hydrogen-bond donors (Lipinski definition) is 3. The van der Waals surface area contributed by atoms with Crippen LogP contribution in [0.4, 0.5) is 4.79 Å². The minimum atomic E-state index is -1.07. The molecule has 4 unspecified atom stereocenters. The Morgan fingerprint density at radius 3 is 2.23 bits per heavy atom. The van der Waals surface area contributed by atoms with Crippen LogP contribution in [-0.4, -0.2) is 52.1 Å². The van der Waals surface area contributed by atoms with Crippen LogP contribution < -0.4 is 10.6 Å². The summed E-state index contributed by atoms with van der Waals surface area (Å²) >= 11 is 0. The standard InChI is InChI=1S/C31H53N3O5/c1-11-13-19-32-28(36)26(24-16-14-15-22(6)27(24)35)34(23(7)18-17-20(3)4)29(37)25(21(5)12-2)33-30(38)39-31(8,9)10/h14-16,20-21,23,25-26,35H,11-13,17-19H2,1-10H3,(H,32,36)(H,33,38). The van der Waals surface area contributed by atoms with Crippen molar-refractivity contribution in [2.75, 3.05) is 6.54 Å². The lowest BCUT2D eigenvalue weighted by Gasteiger charge is -2.40. The van der Waals surface area contributed by atoms with Crippen molar-refractivity contribution in [1.29, 1.82) is 0 Å². The van der Waals surface area contributed by atoms with Gasteiger partial charge >= 0.3 is 6.09 Å². The summed E-state index contributed by atoms with van der Waals surface area (Å²) in [6.45, 7) is 19.6. The van der Waals surface area contributed by atoms with Crippen molar-refractivity contribution >= 4 is 17.9 Å². The molecule has 0 bridgehead atoms. The van der Waals surface area contributed by atoms with Gasteiger partial charge in [-0.25, -0.2) is 4.79 Å². The van der Waals surface area contributed by atoms with Crippen LogP contribution in [0.15, 0.2) is 18.2 Å². The summed E-state index contributed by atoms with van der Waals surface area (Å²) in [7, 11) is 0. The van der Waals surface area contributed by atoms with Crippen LogP contribution in [0.5, 0.6) is 5.75 Å². The summed E-state index contributed by atoms with van der Waals surface area (Å²) in [5.74, 6) is -0.557. The molecule has 0 aromatic heterocycles. The molecule has 3 N–H and O–H groups in total. The number of benzene rings is 1. The maximum atomic E-state index is 14.5. The lowest BCUT2D eigenvalue weighted by Crippen LogP contribution is -2.57. The third-order valence-electron chi connectivity index (χ3n) is 6.96. The highest BCUT2D eigenvalue weighted by Crippen LogP contribution is 2.35. The average Bonchev–Trinajstić information content (AvgIpc) is 2.84. The molecule has 0 heterocycles. The third kappa shape index (κ3) is 10.7. The molecule has 3 amide bonds. The van der Waals surface area contributed by atoms with Gasteiger partial charge in [0, 0.05) is 18.2 Å². The van der Waals surface area contributed by atoms with E-state index in [9.17, 15) is 19.5 Å². The predicted octanol–water partition coefficient (Wildman–Crippen LogP) is 6.25. The summed E-state index contributed by atoms with van der Waals surface area (Å²) in [5, 5.41) is 16.9. The number of phenols is 1. The Morgan fingerprint density at radius 2 is 1.69 bits per heavy atom. The molecule has 1 aromatic carbocycles. The number of carbonyl (C=O) groups is 3. The highest BCUT2D eigenvalue weighted by Gasteiger charge is 2.41. The van der Waals surface area contributed by atoms with Gasteiger partial charge in [-0.3, -0.25) is 9.59 Å². The van der Waals surface area contributed by atoms with Gasteiger partial charge in [0.15, 0.2) is 0 Å². The van der Waals surface area contributed by atoms with E-state index >= 15 is 0 Å². The smallest absolute Gasteiger partial charge is 0.408 e. The first kappa shape index (κ1) is 34.3. The number of para-hydroxylation sites is 1. The fourth-order valence-corrected chi connectivity index (χ4v) is 4.40. The second-order valence-electron chi connectivity index (χ2n) is 12.1. The highest BCUT2D eigenvalue weighted by molar-refractivity contribution is 5.93. The number of hydrogen-bond acceptors (Lipinski definition) is 5. The van der Waals surface area contributed by atoms with Gasteiger partial charge in [0.25, 0.3) is 0 Å². The van der Waals surface area contributed by atoms with Gasteiger partial charge in [-0.05, 0) is 71.3 Å². The van der Waals surface area contributed by atoms with Crippen molar-refractivity contribution in [2.24, 2.45) is 11.8 Å². The van der Waals surface area contributed by atoms with Crippen LogP contribution in [0.2, 0.25) is 0 Å². The molecule has 4 atom stereocenters. The molecule has 1 aromatic rings. The average molecular weight is 548 g/mol. The van der Waals surface area contributed by atoms with Crippen molar-refractivity contribution in [1.82, 2.24) is 15.5 Å². The van der Waals surface area contributed by atoms with Gasteiger partial charge in [-0.1, -0.05) is 65.7 Å². The number of phenolic OH excluding ortho intramolecular Hbond substituents is 1. The van der Waals surface area contributed by atoms with Crippen molar-refractivity contribution < 1.29 is 24.2 Å². The second kappa shape index (κ2) is 15.7. The molecule has 39 heavy (non-hydrogen) atoms. The number of unbranched alkanes of at least 4 members (excludes halogenated alkanes) is 1. The number of amides is 3. The first-order valence-electron chi connectivity index (χ1n) is 14.5. The Kier molecular flexibility index (Phi) is 13.8. The molecule has 0 aliphatic carbocycles. The first-order chi connectivity index (χ1) is 18.1. The van der Waals surface area contributed by atoms with E-state index in [0.717, 1.165) is 19.3 Å². The van der Waals surface area contributed by atoms with Crippen molar-refractivity contribution in [3.8, 4) is 5.75 Å². The zero-order chi connectivity index (χ0) is 29.9. The maximum absolute atomic E-state index is 14.5. The van der Waals surface area contributed by atoms with Crippen LogP contribution in [0.3, 0.4) is 0 Å². The molecule has 8 nitrogen and oxygen atoms in total. The Morgan fingerprint density at radius 1 is 1.05 bits per heavy atom. The second-order valence-corrected chi connectivity index (χ2v) is 12.1. The van der Waals surface area contributed by atoms with Crippen LogP contribution in [0, 0.1) is 18.8 Å². The fourth-order valence-electron chi connectivity index (χ4n) is 4.40. The summed E-state index contributed by atoms with van der Waals surface area (Å²) < 4.78 is 5.49. The van der Waals surface area contributed by atoms with Gasteiger partial charge in [0.1, 0.15) is 23.4 Å². The largest absolute Gasteiger partial charge is 0.507 e. The summed E-state index contributed by atoms with van der Waals surface area (Å²) in [4.78, 5) is 42.7. The van der Waals surface area contributed by atoms with Crippen molar-refractivity contribution in [3.63, 3.8) is 0 Å². The molecule has 0 aliphatic heterocycles. The number of ether oxygens (including phenoxy) is 1. The van der Waals surface area contributed by atoms with E-state index in [-0.39, 0.29) is 29.5 Å². The normalized spacial score (nSPS) is 14.7. The molecular formula is C31H53N3O5. The van der Waals surface area contributed by atoms with Crippen LogP contribution in [0.1, 0.15) is 112 Å². The lowest BCUT2D eigenvalue weighted by atomic mass is 9.92. The quantitative estimate of drug-likeness (QED) is 0.239. The first-order valence-corrected chi connectivity index (χ1v) is 14.5. The Labute approximate surface area is 236 Å². The number of carbonyl (C=O) groups excluding carboxylic acids is 3. The van der Waals surface area contributed by atoms with E-state index < -0.39 is 23.8 Å². The summed E-state index contributed by atoms with van der Waals surface area (Å²) in [5.41, 5.74) is 0.257. The monoisotopic (exact) mass is 547 g/mol. The van der Waals surface area contributed by atoms with Gasteiger partial charge in [-0.2, -0.15) is 0 Å². The Bertz CT molecular complexity index is 941. The SMILES string of the molecule is CCCCNC(=O)C(c1cccc(C)c1O)N(C(=O)C(NC(=O)OC(C)(C)C)C(C)CC)C(C)CCC(C)C. The summed E-state index contributed by atoms with van der Waals surface area (Å²) in [6, 6.07) is 2.93. The van der Waals surface area contributed by atoms with E-state index in [1.807, 2.05) is 27.7 Å². The Hall–Kier alpha value is -2.77. The van der Waals surface area contributed by atoms with Gasteiger partial charge in [0.2, 0.25) is 11.8 Å². The van der Waals surface area contributed by atoms with Crippen molar-refractivity contribution in [2.45, 2.75) is 125 Å². The van der Waals surface area contributed by atoms with E-state index in [0.29, 0.717) is 36.4 Å². The number of rotatable bonds is 14. The number of aryl methyl sites for hydroxylation is 1. The number of alkyl carbamates (subject to hydrolysis) is 1. The predicted molar refractivity (Wildman–Crippen MR) is 156 cm³/mol. The van der Waals surface area contributed by atoms with Crippen molar-refractivity contribution in [3.05, 3.63) is 29.3 Å². The molecule has 222 valence electrons. The topological polar surface area (TPSA) is 108 Å². The Balaban J connectivity index is 3.70. The third-order valence-corrected chi connectivity index (χ3v) is 6.96. The van der Waals surface area contributed by atoms with E-state index in [1.165, 1.54) is 0 Å². The fraction of sp³-hybridized carbons (Fsp3) is 0.710. The molecule has 0 spiro atoms. The summed E-state index contributed by atoms with van der Waals surface area (Å²) in [6.07, 6.45) is 3.16. The van der Waals surface area contributed by atoms with Gasteiger partial charge < -0.3 is 25.4 Å². The number of nitrogens with one attached hydrogen (secondary N) is 2. The molecule has 0 aliphatic rings. The van der Waals surface area contributed by atoms with Crippen LogP contribution in [-0.2, 0) is 14.3 Å². The maximum Gasteiger partial charge on any atom is 0.408 e. The van der Waals surface area contributed by atoms with Gasteiger partial charge in [-0.15, -0.1) is 0 Å². The van der Waals surface area contributed by atoms with E-state index in [4.69, 9.17) is 4.74 Å². The molecule has 8 heteroatoms. The zero-order valence-corrected chi connectivity index (χ0v) is 25.9. The zero-order valence-electron chi connectivity index (χ0n) is 25.9. The van der Waals surface area contributed by atoms with E-state index in [2.05, 4.69) is 24.5 Å². The number of nitrogens with zero attached hydrogens (tertiary/aromatic N) is 1. The van der Waals surface area contributed by atoms with Crippen LogP contribution >= 0.6 is 0 Å². The minimum absolute atomic E-state index is 0.0119. The molecule has 1 rings (SSSR count). The lowest BCUT2D eigenvalue weighted by molar-refractivity contribution is -0.146. The van der Waals surface area contributed by atoms with Crippen LogP contribution in [0.25, 0.3) is 0 Å². The number of aromatic hydroxyl groups is 1. The molecule has 0 radical (unpaired) electrons. The van der Waals surface area contributed by atoms with E-state index in [1.54, 1.807) is 50.8 Å².